The zero-order chi connectivity index (χ0) is 19.1. The van der Waals surface area contributed by atoms with Crippen molar-refractivity contribution >= 4 is 11.7 Å². The van der Waals surface area contributed by atoms with Crippen LogP contribution in [0, 0.1) is 0 Å². The molecule has 1 atom stereocenters. The van der Waals surface area contributed by atoms with Crippen LogP contribution in [0.25, 0.3) is 0 Å². The molecule has 2 aromatic rings. The highest BCUT2D eigenvalue weighted by Gasteiger charge is 2.28. The number of Topliss-reactive ketones (excluding diaryl/α,β-unsaturated/α-hetero) is 1. The highest BCUT2D eigenvalue weighted by atomic mass is 16.5. The summed E-state index contributed by atoms with van der Waals surface area (Å²) in [6.07, 6.45) is 1.95. The average Bonchev–Trinajstić information content (AvgIpc) is 2.68. The van der Waals surface area contributed by atoms with Crippen LogP contribution in [0.15, 0.2) is 48.7 Å². The summed E-state index contributed by atoms with van der Waals surface area (Å²) in [5.41, 5.74) is 0. The average molecular weight is 370 g/mol. The van der Waals surface area contributed by atoms with Crippen LogP contribution in [0.4, 0.5) is 0 Å². The van der Waals surface area contributed by atoms with E-state index in [1.165, 1.54) is 6.92 Å². The molecular weight excluding hydrogens is 348 g/mol. The van der Waals surface area contributed by atoms with Crippen LogP contribution in [-0.2, 0) is 14.3 Å². The van der Waals surface area contributed by atoms with Crippen molar-refractivity contribution in [3.63, 3.8) is 0 Å². The predicted molar refractivity (Wildman–Crippen MR) is 97.9 cm³/mol. The molecule has 1 aromatic heterocycles. The summed E-state index contributed by atoms with van der Waals surface area (Å²) in [4.78, 5) is 29.6. The summed E-state index contributed by atoms with van der Waals surface area (Å²) in [6, 6.07) is 12.2. The highest BCUT2D eigenvalue weighted by molar-refractivity contribution is 5.80. The molecule has 1 fully saturated rings. The fourth-order valence-electron chi connectivity index (χ4n) is 2.84. The Bertz CT molecular complexity index is 764. The number of ether oxygens (including phenoxy) is 3. The first kappa shape index (κ1) is 18.8. The van der Waals surface area contributed by atoms with Crippen LogP contribution >= 0.6 is 0 Å². The minimum absolute atomic E-state index is 0.0349. The largest absolute Gasteiger partial charge is 0.484 e. The number of hydrogen-bond donors (Lipinski definition) is 0. The smallest absolute Gasteiger partial charge is 0.260 e. The molecule has 0 unspecified atom stereocenters. The van der Waals surface area contributed by atoms with E-state index in [0.717, 1.165) is 0 Å². The third-order valence-electron chi connectivity index (χ3n) is 4.12. The monoisotopic (exact) mass is 370 g/mol. The Morgan fingerprint density at radius 2 is 1.96 bits per heavy atom. The number of carbonyl (C=O) groups is 2. The number of amides is 1. The second-order valence-electron chi connectivity index (χ2n) is 6.25. The SMILES string of the molecule is CC(=O)C[C@@H]1COCCN1C(=O)COc1ccc(Oc2ccccn2)cc1. The van der Waals surface area contributed by atoms with E-state index < -0.39 is 0 Å². The molecule has 7 heteroatoms. The van der Waals surface area contributed by atoms with Crippen molar-refractivity contribution in [2.24, 2.45) is 0 Å². The van der Waals surface area contributed by atoms with Crippen LogP contribution in [0.2, 0.25) is 0 Å². The molecule has 1 saturated heterocycles. The maximum Gasteiger partial charge on any atom is 0.260 e. The van der Waals surface area contributed by atoms with Gasteiger partial charge >= 0.3 is 0 Å². The molecule has 0 saturated carbocycles. The van der Waals surface area contributed by atoms with Gasteiger partial charge in [-0.15, -0.1) is 0 Å². The third kappa shape index (κ3) is 5.52. The van der Waals surface area contributed by atoms with Gasteiger partial charge in [0.1, 0.15) is 17.3 Å². The Morgan fingerprint density at radius 3 is 2.67 bits per heavy atom. The first-order valence-electron chi connectivity index (χ1n) is 8.80. The van der Waals surface area contributed by atoms with E-state index in [1.807, 2.05) is 12.1 Å². The summed E-state index contributed by atoms with van der Waals surface area (Å²) in [6.45, 7) is 2.75. The zero-order valence-corrected chi connectivity index (χ0v) is 15.2. The van der Waals surface area contributed by atoms with Crippen molar-refractivity contribution < 1.29 is 23.8 Å². The molecule has 27 heavy (non-hydrogen) atoms. The van der Waals surface area contributed by atoms with Gasteiger partial charge in [0.15, 0.2) is 6.61 Å². The molecule has 1 amide bonds. The summed E-state index contributed by atoms with van der Waals surface area (Å²) in [7, 11) is 0. The van der Waals surface area contributed by atoms with Crippen molar-refractivity contribution in [2.45, 2.75) is 19.4 Å². The van der Waals surface area contributed by atoms with Crippen molar-refractivity contribution in [3.8, 4) is 17.4 Å². The topological polar surface area (TPSA) is 78.0 Å². The highest BCUT2D eigenvalue weighted by Crippen LogP contribution is 2.22. The maximum atomic E-state index is 12.5. The molecule has 0 radical (unpaired) electrons. The maximum absolute atomic E-state index is 12.5. The number of hydrogen-bond acceptors (Lipinski definition) is 6. The Kier molecular flexibility index (Phi) is 6.38. The lowest BCUT2D eigenvalue weighted by Gasteiger charge is -2.35. The van der Waals surface area contributed by atoms with Gasteiger partial charge in [-0.2, -0.15) is 0 Å². The summed E-state index contributed by atoms with van der Waals surface area (Å²) in [5.74, 6) is 1.58. The number of morpholine rings is 1. The minimum Gasteiger partial charge on any atom is -0.484 e. The number of pyridine rings is 1. The Labute approximate surface area is 157 Å². The van der Waals surface area contributed by atoms with Crippen molar-refractivity contribution in [2.75, 3.05) is 26.4 Å². The molecule has 1 aliphatic heterocycles. The number of aromatic nitrogens is 1. The van der Waals surface area contributed by atoms with E-state index in [1.54, 1.807) is 41.4 Å². The van der Waals surface area contributed by atoms with Gasteiger partial charge in [-0.1, -0.05) is 6.07 Å². The predicted octanol–water partition coefficient (Wildman–Crippen LogP) is 2.46. The van der Waals surface area contributed by atoms with E-state index in [4.69, 9.17) is 14.2 Å². The number of carbonyl (C=O) groups excluding carboxylic acids is 2. The molecular formula is C20H22N2O5. The van der Waals surface area contributed by atoms with Crippen LogP contribution in [0.1, 0.15) is 13.3 Å². The van der Waals surface area contributed by atoms with Crippen LogP contribution in [-0.4, -0.2) is 54.0 Å². The van der Waals surface area contributed by atoms with Gasteiger partial charge in [-0.05, 0) is 37.3 Å². The van der Waals surface area contributed by atoms with Crippen molar-refractivity contribution in [1.29, 1.82) is 0 Å². The van der Waals surface area contributed by atoms with E-state index >= 15 is 0 Å². The zero-order valence-electron chi connectivity index (χ0n) is 15.2. The van der Waals surface area contributed by atoms with E-state index in [9.17, 15) is 9.59 Å². The molecule has 0 spiro atoms. The second kappa shape index (κ2) is 9.14. The van der Waals surface area contributed by atoms with Gasteiger partial charge < -0.3 is 19.1 Å². The van der Waals surface area contributed by atoms with Gasteiger partial charge in [0, 0.05) is 25.2 Å². The number of nitrogens with zero attached hydrogens (tertiary/aromatic N) is 2. The number of benzene rings is 1. The van der Waals surface area contributed by atoms with E-state index in [2.05, 4.69) is 4.98 Å². The standard InChI is InChI=1S/C20H22N2O5/c1-15(23)12-16-13-25-11-10-22(16)20(24)14-26-17-5-7-18(8-6-17)27-19-4-2-3-9-21-19/h2-9,16H,10-14H2,1H3/t16-/m1/s1. The Balaban J connectivity index is 1.53. The lowest BCUT2D eigenvalue weighted by atomic mass is 10.1. The minimum atomic E-state index is -0.221. The van der Waals surface area contributed by atoms with Crippen LogP contribution in [0.3, 0.4) is 0 Å². The molecule has 1 aliphatic rings. The van der Waals surface area contributed by atoms with Crippen molar-refractivity contribution in [1.82, 2.24) is 9.88 Å². The fraction of sp³-hybridized carbons (Fsp3) is 0.350. The van der Waals surface area contributed by atoms with Gasteiger partial charge in [-0.3, -0.25) is 9.59 Å². The Morgan fingerprint density at radius 1 is 1.19 bits per heavy atom. The lowest BCUT2D eigenvalue weighted by Crippen LogP contribution is -2.50. The van der Waals surface area contributed by atoms with Gasteiger partial charge in [0.25, 0.3) is 5.91 Å². The molecule has 1 aromatic carbocycles. The fourth-order valence-corrected chi connectivity index (χ4v) is 2.84. The van der Waals surface area contributed by atoms with E-state index in [0.29, 0.717) is 43.6 Å². The van der Waals surface area contributed by atoms with Crippen molar-refractivity contribution in [3.05, 3.63) is 48.7 Å². The normalized spacial score (nSPS) is 16.6. The third-order valence-corrected chi connectivity index (χ3v) is 4.12. The molecule has 142 valence electrons. The molecule has 2 heterocycles. The summed E-state index contributed by atoms with van der Waals surface area (Å²) >= 11 is 0. The molecule has 0 aliphatic carbocycles. The van der Waals surface area contributed by atoms with Gasteiger partial charge in [-0.25, -0.2) is 4.98 Å². The number of rotatable bonds is 7. The quantitative estimate of drug-likeness (QED) is 0.745. The van der Waals surface area contributed by atoms with Crippen LogP contribution < -0.4 is 9.47 Å². The summed E-state index contributed by atoms with van der Waals surface area (Å²) in [5, 5.41) is 0. The first-order valence-corrected chi connectivity index (χ1v) is 8.80. The summed E-state index contributed by atoms with van der Waals surface area (Å²) < 4.78 is 16.6. The number of ketones is 1. The lowest BCUT2D eigenvalue weighted by molar-refractivity contribution is -0.143. The molecule has 7 nitrogen and oxygen atoms in total. The van der Waals surface area contributed by atoms with Gasteiger partial charge in [0.05, 0.1) is 19.3 Å². The van der Waals surface area contributed by atoms with Gasteiger partial charge in [0.2, 0.25) is 5.88 Å². The molecule has 0 N–H and O–H groups in total. The van der Waals surface area contributed by atoms with E-state index in [-0.39, 0.29) is 24.3 Å². The Hall–Kier alpha value is -2.93. The molecule has 0 bridgehead atoms. The van der Waals surface area contributed by atoms with Crippen LogP contribution in [0.5, 0.6) is 17.4 Å². The first-order chi connectivity index (χ1) is 13.1. The molecule has 3 rings (SSSR count). The second-order valence-corrected chi connectivity index (χ2v) is 6.25.